The minimum absolute atomic E-state index is 0.0667. The van der Waals surface area contributed by atoms with Crippen LogP contribution in [0.5, 0.6) is 17.2 Å². The molecule has 0 amide bonds. The van der Waals surface area contributed by atoms with Crippen LogP contribution in [0.4, 0.5) is 0 Å². The van der Waals surface area contributed by atoms with Crippen LogP contribution < -0.4 is 0 Å². The maximum Gasteiger partial charge on any atom is 0.345 e. The Morgan fingerprint density at radius 3 is 1.75 bits per heavy atom. The molecule has 1 aromatic carbocycles. The van der Waals surface area contributed by atoms with Crippen molar-refractivity contribution >= 4 is 23.9 Å². The molecular formula is C32H49NO11. The highest BCUT2D eigenvalue weighted by atomic mass is 16.6. The summed E-state index contributed by atoms with van der Waals surface area (Å²) in [5, 5.41) is 36.4. The molecule has 0 heterocycles. The molecule has 12 heteroatoms. The number of rotatable bonds is 13. The summed E-state index contributed by atoms with van der Waals surface area (Å²) in [7, 11) is 0. The van der Waals surface area contributed by atoms with Crippen LogP contribution in [0.25, 0.3) is 0 Å². The largest absolute Gasteiger partial charge is 0.508 e. The molecule has 0 bridgehead atoms. The monoisotopic (exact) mass is 623 g/mol. The first-order valence-corrected chi connectivity index (χ1v) is 14.3. The Hall–Kier alpha value is -4.27. The molecule has 1 rings (SSSR count). The fourth-order valence-electron chi connectivity index (χ4n) is 2.27. The second-order valence-corrected chi connectivity index (χ2v) is 11.1. The highest BCUT2D eigenvalue weighted by molar-refractivity contribution is 5.95. The van der Waals surface area contributed by atoms with E-state index in [1.165, 1.54) is 0 Å². The molecule has 12 nitrogen and oxygen atoms in total. The van der Waals surface area contributed by atoms with Gasteiger partial charge in [0, 0.05) is 17.7 Å². The predicted octanol–water partition coefficient (Wildman–Crippen LogP) is 5.58. The van der Waals surface area contributed by atoms with Gasteiger partial charge < -0.3 is 34.3 Å². The number of carbonyl (C=O) groups is 4. The molecule has 0 aliphatic carbocycles. The lowest BCUT2D eigenvalue weighted by molar-refractivity contribution is -0.158. The molecule has 0 aromatic heterocycles. The van der Waals surface area contributed by atoms with Crippen molar-refractivity contribution < 1.29 is 53.4 Å². The van der Waals surface area contributed by atoms with Gasteiger partial charge in [-0.15, -0.1) is 0 Å². The number of aromatic hydroxyl groups is 3. The number of nitrogens with zero attached hydrogens (tertiary/aromatic N) is 1. The van der Waals surface area contributed by atoms with E-state index in [2.05, 4.69) is 12.6 Å². The van der Waals surface area contributed by atoms with Crippen molar-refractivity contribution in [3.8, 4) is 23.3 Å². The molecule has 0 radical (unpaired) electrons. The van der Waals surface area contributed by atoms with E-state index >= 15 is 0 Å². The van der Waals surface area contributed by atoms with Gasteiger partial charge in [0.1, 0.15) is 49.2 Å². The predicted molar refractivity (Wildman–Crippen MR) is 163 cm³/mol. The highest BCUT2D eigenvalue weighted by Crippen LogP contribution is 2.32. The van der Waals surface area contributed by atoms with E-state index in [4.69, 9.17) is 29.3 Å². The van der Waals surface area contributed by atoms with Crippen LogP contribution in [0.3, 0.4) is 0 Å². The topological polar surface area (TPSA) is 190 Å². The summed E-state index contributed by atoms with van der Waals surface area (Å²) >= 11 is 0. The number of carbonyl (C=O) groups excluding carboxylic acids is 4. The van der Waals surface area contributed by atoms with Gasteiger partial charge in [0.05, 0.1) is 22.8 Å². The van der Waals surface area contributed by atoms with E-state index in [1.807, 2.05) is 48.5 Å². The number of esters is 4. The number of phenols is 3. The smallest absolute Gasteiger partial charge is 0.345 e. The lowest BCUT2D eigenvalue weighted by atomic mass is 9.91. The number of hydrogen-bond donors (Lipinski definition) is 3. The second kappa shape index (κ2) is 20.6. The summed E-state index contributed by atoms with van der Waals surface area (Å²) in [4.78, 5) is 45.5. The van der Waals surface area contributed by atoms with Gasteiger partial charge in [-0.1, -0.05) is 34.3 Å². The van der Waals surface area contributed by atoms with Crippen molar-refractivity contribution in [3.63, 3.8) is 0 Å². The first-order valence-electron chi connectivity index (χ1n) is 14.3. The molecule has 0 fully saturated rings. The molecule has 0 aliphatic heterocycles. The summed E-state index contributed by atoms with van der Waals surface area (Å²) in [5.74, 6) is -3.93. The van der Waals surface area contributed by atoms with Gasteiger partial charge in [0.2, 0.25) is 0 Å². The molecular weight excluding hydrogens is 574 g/mol. The minimum atomic E-state index is -0.982. The molecule has 3 N–H and O–H groups in total. The third-order valence-corrected chi connectivity index (χ3v) is 6.38. The molecule has 248 valence electrons. The number of nitriles is 1. The first-order chi connectivity index (χ1) is 20.3. The maximum atomic E-state index is 11.7. The van der Waals surface area contributed by atoms with E-state index in [1.54, 1.807) is 13.8 Å². The van der Waals surface area contributed by atoms with Crippen molar-refractivity contribution in [2.24, 2.45) is 16.7 Å². The normalized spacial score (nSPS) is 11.2. The lowest BCUT2D eigenvalue weighted by Gasteiger charge is -2.20. The number of hydrogen-bond acceptors (Lipinski definition) is 12. The van der Waals surface area contributed by atoms with Gasteiger partial charge in [-0.25, -0.2) is 9.59 Å². The van der Waals surface area contributed by atoms with Crippen LogP contribution in [0, 0.1) is 28.1 Å². The molecule has 1 unspecified atom stereocenters. The van der Waals surface area contributed by atoms with Crippen LogP contribution in [-0.2, 0) is 33.3 Å². The third kappa shape index (κ3) is 17.0. The quantitative estimate of drug-likeness (QED) is 0.107. The van der Waals surface area contributed by atoms with Gasteiger partial charge in [0.25, 0.3) is 0 Å². The molecule has 0 saturated heterocycles. The van der Waals surface area contributed by atoms with Gasteiger partial charge in [-0.05, 0) is 53.9 Å². The van der Waals surface area contributed by atoms with Crippen molar-refractivity contribution in [1.29, 1.82) is 5.26 Å². The standard InChI is InChI=1S/C14H18O7.C12H20O4.C6H11N/c1-3-8(2)13(18)20-4-5-21-14(19)12-10(16)6-9(15)7-11(12)17;1-6-12(4,5)11(14)16-8-7-15-10(13)9(2)3;1-4-6(2,3)5-7/h6-8,15-17H,3-5H2,1-2H3;2,6-8H2,1,3-5H3;4H2,1-3H3. The van der Waals surface area contributed by atoms with E-state index < -0.39 is 34.4 Å². The summed E-state index contributed by atoms with van der Waals surface area (Å²) < 4.78 is 19.4. The highest BCUT2D eigenvalue weighted by Gasteiger charge is 2.27. The Balaban J connectivity index is 0. The van der Waals surface area contributed by atoms with Crippen molar-refractivity contribution in [2.45, 2.75) is 81.6 Å². The molecule has 44 heavy (non-hydrogen) atoms. The van der Waals surface area contributed by atoms with Crippen molar-refractivity contribution in [2.75, 3.05) is 26.4 Å². The Labute approximate surface area is 260 Å². The average molecular weight is 624 g/mol. The number of ether oxygens (including phenoxy) is 4. The van der Waals surface area contributed by atoms with Gasteiger partial charge >= 0.3 is 23.9 Å². The Morgan fingerprint density at radius 2 is 1.34 bits per heavy atom. The Bertz CT molecular complexity index is 1130. The van der Waals surface area contributed by atoms with E-state index in [9.17, 15) is 29.4 Å². The molecule has 0 spiro atoms. The van der Waals surface area contributed by atoms with Gasteiger partial charge in [-0.2, -0.15) is 5.26 Å². The summed E-state index contributed by atoms with van der Waals surface area (Å²) in [6.45, 7) is 19.8. The number of phenolic OH excluding ortho intramolecular Hbond substituents is 3. The van der Waals surface area contributed by atoms with Crippen LogP contribution in [-0.4, -0.2) is 65.6 Å². The number of benzene rings is 1. The average Bonchev–Trinajstić information content (AvgIpc) is 2.96. The first kappa shape index (κ1) is 41.9. The van der Waals surface area contributed by atoms with Gasteiger partial charge in [0.15, 0.2) is 0 Å². The van der Waals surface area contributed by atoms with Crippen molar-refractivity contribution in [3.05, 3.63) is 29.8 Å². The van der Waals surface area contributed by atoms with Crippen LogP contribution >= 0.6 is 0 Å². The zero-order valence-electron chi connectivity index (χ0n) is 27.4. The molecule has 0 aliphatic rings. The SMILES string of the molecule is C=C(C)C(=O)OCCOC(=O)C(C)(C)CC.CCC(C)(C)C#N.CCC(C)C(=O)OCCOC(=O)c1c(O)cc(O)cc1O. The van der Waals surface area contributed by atoms with Crippen LogP contribution in [0.15, 0.2) is 24.3 Å². The summed E-state index contributed by atoms with van der Waals surface area (Å²) in [6, 6.07) is 4.00. The molecule has 1 aromatic rings. The fraction of sp³-hybridized carbons (Fsp3) is 0.594. The summed E-state index contributed by atoms with van der Waals surface area (Å²) in [6.07, 6.45) is 2.29. The van der Waals surface area contributed by atoms with Crippen LogP contribution in [0.1, 0.15) is 91.9 Å². The Kier molecular flexibility index (Phi) is 19.6. The third-order valence-electron chi connectivity index (χ3n) is 6.38. The Morgan fingerprint density at radius 1 is 0.864 bits per heavy atom. The van der Waals surface area contributed by atoms with E-state index in [-0.39, 0.29) is 55.4 Å². The minimum Gasteiger partial charge on any atom is -0.508 e. The second-order valence-electron chi connectivity index (χ2n) is 11.1. The fourth-order valence-corrected chi connectivity index (χ4v) is 2.27. The van der Waals surface area contributed by atoms with E-state index in [0.29, 0.717) is 18.4 Å². The summed E-state index contributed by atoms with van der Waals surface area (Å²) in [5.41, 5.74) is -0.723. The van der Waals surface area contributed by atoms with Crippen LogP contribution in [0.2, 0.25) is 0 Å². The van der Waals surface area contributed by atoms with Crippen molar-refractivity contribution in [1.82, 2.24) is 0 Å². The molecule has 0 saturated carbocycles. The zero-order valence-corrected chi connectivity index (χ0v) is 27.4. The maximum absolute atomic E-state index is 11.7. The lowest BCUT2D eigenvalue weighted by Crippen LogP contribution is -2.27. The van der Waals surface area contributed by atoms with Gasteiger partial charge in [-0.3, -0.25) is 9.59 Å². The zero-order chi connectivity index (χ0) is 34.7. The molecule has 1 atom stereocenters. The van der Waals surface area contributed by atoms with E-state index in [0.717, 1.165) is 18.6 Å².